The maximum Gasteiger partial charge on any atom is 0.342 e. The number of esters is 1. The highest BCUT2D eigenvalue weighted by Gasteiger charge is 2.21. The number of carbonyl (C=O) groups excluding carboxylic acids is 2. The zero-order valence-corrected chi connectivity index (χ0v) is 16.3. The van der Waals surface area contributed by atoms with Crippen LogP contribution in [0.5, 0.6) is 5.75 Å². The Morgan fingerprint density at radius 3 is 2.59 bits per heavy atom. The molecule has 0 bridgehead atoms. The molecule has 29 heavy (non-hydrogen) atoms. The lowest BCUT2D eigenvalue weighted by Gasteiger charge is -2.15. The van der Waals surface area contributed by atoms with Crippen LogP contribution in [0.2, 0.25) is 0 Å². The van der Waals surface area contributed by atoms with Crippen molar-refractivity contribution < 1.29 is 19.1 Å². The lowest BCUT2D eigenvalue weighted by Crippen LogP contribution is -2.23. The fraction of sp³-hybridized carbons (Fsp3) is 0.318. The number of hydrogen-bond acceptors (Lipinski definition) is 5. The molecule has 0 saturated heterocycles. The molecule has 1 saturated carbocycles. The molecule has 1 N–H and O–H groups in total. The number of ether oxygens (including phenoxy) is 2. The zero-order valence-electron chi connectivity index (χ0n) is 16.3. The first-order valence-corrected chi connectivity index (χ1v) is 9.73. The minimum absolute atomic E-state index is 0.287. The van der Waals surface area contributed by atoms with Gasteiger partial charge >= 0.3 is 5.97 Å². The van der Waals surface area contributed by atoms with Gasteiger partial charge in [0.1, 0.15) is 17.1 Å². The van der Waals surface area contributed by atoms with Crippen LogP contribution in [0.4, 0.5) is 5.82 Å². The molecule has 7 nitrogen and oxygen atoms in total. The van der Waals surface area contributed by atoms with Crippen LogP contribution < -0.4 is 10.1 Å². The lowest BCUT2D eigenvalue weighted by molar-refractivity contribution is -0.119. The van der Waals surface area contributed by atoms with E-state index in [0.717, 1.165) is 23.6 Å². The predicted molar refractivity (Wildman–Crippen MR) is 109 cm³/mol. The Labute approximate surface area is 168 Å². The number of hydrogen-bond donors (Lipinski definition) is 1. The molecule has 0 aliphatic heterocycles. The van der Waals surface area contributed by atoms with Crippen molar-refractivity contribution in [1.82, 2.24) is 9.78 Å². The molecule has 1 aromatic heterocycles. The number of anilines is 1. The van der Waals surface area contributed by atoms with E-state index in [1.807, 2.05) is 28.9 Å². The summed E-state index contributed by atoms with van der Waals surface area (Å²) in [6.07, 6.45) is 6.12. The Bertz CT molecular complexity index is 1040. The fourth-order valence-electron chi connectivity index (χ4n) is 3.79. The molecule has 1 aliphatic carbocycles. The van der Waals surface area contributed by atoms with E-state index < -0.39 is 11.9 Å². The van der Waals surface area contributed by atoms with Gasteiger partial charge in [-0.2, -0.15) is 5.10 Å². The van der Waals surface area contributed by atoms with Gasteiger partial charge in [0, 0.05) is 6.07 Å². The number of amides is 1. The van der Waals surface area contributed by atoms with E-state index in [0.29, 0.717) is 17.6 Å². The topological polar surface area (TPSA) is 82.4 Å². The van der Waals surface area contributed by atoms with Crippen molar-refractivity contribution in [3.63, 3.8) is 0 Å². The number of nitrogens with zero attached hydrogens (tertiary/aromatic N) is 2. The first kappa shape index (κ1) is 19.0. The zero-order chi connectivity index (χ0) is 20.2. The quantitative estimate of drug-likeness (QED) is 0.641. The molecule has 1 fully saturated rings. The third-order valence-electron chi connectivity index (χ3n) is 5.23. The predicted octanol–water partition coefficient (Wildman–Crippen LogP) is 3.96. The van der Waals surface area contributed by atoms with E-state index >= 15 is 0 Å². The molecule has 0 radical (unpaired) electrons. The summed E-state index contributed by atoms with van der Waals surface area (Å²) in [5.41, 5.74) is 0.287. The van der Waals surface area contributed by atoms with Crippen LogP contribution in [0.3, 0.4) is 0 Å². The van der Waals surface area contributed by atoms with Crippen LogP contribution in [0.1, 0.15) is 42.1 Å². The smallest absolute Gasteiger partial charge is 0.342 e. The standard InChI is InChI=1S/C22H23N3O4/c1-28-19-13-16-7-3-2-6-15(16)12-18(19)22(27)29-14-21(26)24-20-10-11-23-25(20)17-8-4-5-9-17/h2-3,6-7,10-13,17H,4-5,8-9,14H2,1H3,(H,24,26). The van der Waals surface area contributed by atoms with E-state index in [-0.39, 0.29) is 12.2 Å². The number of aromatic nitrogens is 2. The van der Waals surface area contributed by atoms with Crippen LogP contribution >= 0.6 is 0 Å². The van der Waals surface area contributed by atoms with Crippen LogP contribution in [0.25, 0.3) is 10.8 Å². The molecule has 0 spiro atoms. The van der Waals surface area contributed by atoms with Crippen molar-refractivity contribution in [2.75, 3.05) is 19.0 Å². The van der Waals surface area contributed by atoms with Crippen LogP contribution in [-0.2, 0) is 9.53 Å². The molecule has 1 amide bonds. The van der Waals surface area contributed by atoms with Gasteiger partial charge in [-0.3, -0.25) is 4.79 Å². The van der Waals surface area contributed by atoms with E-state index in [4.69, 9.17) is 9.47 Å². The summed E-state index contributed by atoms with van der Waals surface area (Å²) in [6, 6.07) is 13.2. The van der Waals surface area contributed by atoms with E-state index in [9.17, 15) is 9.59 Å². The maximum atomic E-state index is 12.6. The Hall–Kier alpha value is -3.35. The minimum atomic E-state index is -0.605. The second-order valence-electron chi connectivity index (χ2n) is 7.12. The molecule has 1 aliphatic rings. The van der Waals surface area contributed by atoms with Crippen LogP contribution in [0.15, 0.2) is 48.7 Å². The first-order chi connectivity index (χ1) is 14.2. The van der Waals surface area contributed by atoms with E-state index in [1.54, 1.807) is 24.4 Å². The summed E-state index contributed by atoms with van der Waals surface area (Å²) >= 11 is 0. The molecule has 4 rings (SSSR count). The van der Waals surface area contributed by atoms with Gasteiger partial charge in [0.15, 0.2) is 6.61 Å². The molecule has 7 heteroatoms. The highest BCUT2D eigenvalue weighted by molar-refractivity contribution is 6.00. The second kappa shape index (κ2) is 8.34. The Morgan fingerprint density at radius 1 is 1.14 bits per heavy atom. The third kappa shape index (κ3) is 4.08. The molecule has 0 atom stereocenters. The van der Waals surface area contributed by atoms with Crippen molar-refractivity contribution >= 4 is 28.5 Å². The fourth-order valence-corrected chi connectivity index (χ4v) is 3.79. The largest absolute Gasteiger partial charge is 0.496 e. The van der Waals surface area contributed by atoms with E-state index in [1.165, 1.54) is 20.0 Å². The van der Waals surface area contributed by atoms with Gasteiger partial charge in [-0.25, -0.2) is 9.48 Å². The number of fused-ring (bicyclic) bond motifs is 1. The highest BCUT2D eigenvalue weighted by atomic mass is 16.5. The van der Waals surface area contributed by atoms with Gasteiger partial charge in [0.25, 0.3) is 5.91 Å². The number of rotatable bonds is 6. The molecule has 1 heterocycles. The Balaban J connectivity index is 1.41. The van der Waals surface area contributed by atoms with Gasteiger partial charge in [0.05, 0.1) is 19.3 Å². The SMILES string of the molecule is COc1cc2ccccc2cc1C(=O)OCC(=O)Nc1ccnn1C1CCCC1. The maximum absolute atomic E-state index is 12.6. The number of nitrogens with one attached hydrogen (secondary N) is 1. The Morgan fingerprint density at radius 2 is 1.86 bits per heavy atom. The average Bonchev–Trinajstić information content (AvgIpc) is 3.42. The normalized spacial score (nSPS) is 14.1. The van der Waals surface area contributed by atoms with Gasteiger partial charge in [-0.05, 0) is 35.7 Å². The molecule has 3 aromatic rings. The summed E-state index contributed by atoms with van der Waals surface area (Å²) < 4.78 is 12.4. The first-order valence-electron chi connectivity index (χ1n) is 9.73. The van der Waals surface area contributed by atoms with Gasteiger partial charge in [-0.15, -0.1) is 0 Å². The summed E-state index contributed by atoms with van der Waals surface area (Å²) in [4.78, 5) is 24.9. The van der Waals surface area contributed by atoms with Crippen LogP contribution in [-0.4, -0.2) is 35.4 Å². The summed E-state index contributed by atoms with van der Waals surface area (Å²) in [6.45, 7) is -0.384. The lowest BCUT2D eigenvalue weighted by atomic mass is 10.1. The molecular weight excluding hydrogens is 370 g/mol. The number of methoxy groups -OCH3 is 1. The monoisotopic (exact) mass is 393 g/mol. The Kier molecular flexibility index (Phi) is 5.46. The third-order valence-corrected chi connectivity index (χ3v) is 5.23. The summed E-state index contributed by atoms with van der Waals surface area (Å²) in [7, 11) is 1.50. The van der Waals surface area contributed by atoms with Crippen molar-refractivity contribution in [3.8, 4) is 5.75 Å². The highest BCUT2D eigenvalue weighted by Crippen LogP contribution is 2.31. The molecule has 0 unspecified atom stereocenters. The summed E-state index contributed by atoms with van der Waals surface area (Å²) in [5, 5.41) is 8.96. The second-order valence-corrected chi connectivity index (χ2v) is 7.12. The van der Waals surface area contributed by atoms with Crippen molar-refractivity contribution in [3.05, 3.63) is 54.2 Å². The van der Waals surface area contributed by atoms with E-state index in [2.05, 4.69) is 10.4 Å². The molecule has 2 aromatic carbocycles. The van der Waals surface area contributed by atoms with Crippen molar-refractivity contribution in [1.29, 1.82) is 0 Å². The van der Waals surface area contributed by atoms with Crippen LogP contribution in [0, 0.1) is 0 Å². The number of benzene rings is 2. The molecular formula is C22H23N3O4. The number of carbonyl (C=O) groups is 2. The van der Waals surface area contributed by atoms with Gasteiger partial charge in [-0.1, -0.05) is 37.1 Å². The van der Waals surface area contributed by atoms with Crippen molar-refractivity contribution in [2.24, 2.45) is 0 Å². The van der Waals surface area contributed by atoms with Gasteiger partial charge < -0.3 is 14.8 Å². The average molecular weight is 393 g/mol. The molecule has 150 valence electrons. The minimum Gasteiger partial charge on any atom is -0.496 e. The van der Waals surface area contributed by atoms with Gasteiger partial charge in [0.2, 0.25) is 0 Å². The summed E-state index contributed by atoms with van der Waals surface area (Å²) in [5.74, 6) is 0.0274. The van der Waals surface area contributed by atoms with Crippen molar-refractivity contribution in [2.45, 2.75) is 31.7 Å².